The van der Waals surface area contributed by atoms with E-state index in [-0.39, 0.29) is 6.54 Å². The van der Waals surface area contributed by atoms with Gasteiger partial charge in [0.1, 0.15) is 12.1 Å². The largest absolute Gasteiger partial charge is 0.325 e. The van der Waals surface area contributed by atoms with Crippen molar-refractivity contribution in [1.82, 2.24) is 10.2 Å². The summed E-state index contributed by atoms with van der Waals surface area (Å²) in [6.45, 7) is 1.31. The maximum absolute atomic E-state index is 13.3. The van der Waals surface area contributed by atoms with E-state index >= 15 is 0 Å². The average molecular weight is 423 g/mol. The molecule has 4 amide bonds. The Morgan fingerprint density at radius 3 is 2.19 bits per heavy atom. The molecule has 0 saturated carbocycles. The van der Waals surface area contributed by atoms with Gasteiger partial charge in [-0.25, -0.2) is 4.79 Å². The summed E-state index contributed by atoms with van der Waals surface area (Å²) in [5.74, 6) is -0.890. The summed E-state index contributed by atoms with van der Waals surface area (Å²) in [6.07, 6.45) is 0. The number of anilines is 1. The molecule has 0 bridgehead atoms. The van der Waals surface area contributed by atoms with Gasteiger partial charge >= 0.3 is 6.03 Å². The first-order chi connectivity index (χ1) is 15.5. The SMILES string of the molecule is CC1(c2cccc3ccccc23)NC(=O)N(CC(=O)Nc2cccc3ccccc23)C1=O. The molecule has 2 N–H and O–H groups in total. The first-order valence-corrected chi connectivity index (χ1v) is 10.4. The highest BCUT2D eigenvalue weighted by molar-refractivity contribution is 6.12. The van der Waals surface area contributed by atoms with Crippen LogP contribution in [0.1, 0.15) is 12.5 Å². The van der Waals surface area contributed by atoms with Crippen molar-refractivity contribution in [2.75, 3.05) is 11.9 Å². The van der Waals surface area contributed by atoms with Crippen molar-refractivity contribution in [1.29, 1.82) is 0 Å². The number of imide groups is 1. The van der Waals surface area contributed by atoms with Gasteiger partial charge in [0.15, 0.2) is 0 Å². The monoisotopic (exact) mass is 423 g/mol. The highest BCUT2D eigenvalue weighted by Gasteiger charge is 2.50. The van der Waals surface area contributed by atoms with Crippen molar-refractivity contribution < 1.29 is 14.4 Å². The van der Waals surface area contributed by atoms with E-state index in [0.717, 1.165) is 26.4 Å². The van der Waals surface area contributed by atoms with Gasteiger partial charge < -0.3 is 10.6 Å². The van der Waals surface area contributed by atoms with Crippen LogP contribution in [-0.2, 0) is 15.1 Å². The van der Waals surface area contributed by atoms with Gasteiger partial charge in [0.25, 0.3) is 5.91 Å². The van der Waals surface area contributed by atoms with Crippen molar-refractivity contribution in [3.8, 4) is 0 Å². The maximum atomic E-state index is 13.3. The Morgan fingerprint density at radius 1 is 0.844 bits per heavy atom. The lowest BCUT2D eigenvalue weighted by atomic mass is 9.88. The summed E-state index contributed by atoms with van der Waals surface area (Å²) in [4.78, 5) is 39.8. The third kappa shape index (κ3) is 3.17. The number of nitrogens with zero attached hydrogens (tertiary/aromatic N) is 1. The molecule has 1 heterocycles. The van der Waals surface area contributed by atoms with Crippen molar-refractivity contribution in [2.24, 2.45) is 0 Å². The maximum Gasteiger partial charge on any atom is 0.325 e. The quantitative estimate of drug-likeness (QED) is 0.478. The molecule has 1 saturated heterocycles. The summed E-state index contributed by atoms with van der Waals surface area (Å²) in [7, 11) is 0. The molecule has 5 rings (SSSR count). The minimum Gasteiger partial charge on any atom is -0.324 e. The Kier molecular flexibility index (Phi) is 4.63. The van der Waals surface area contributed by atoms with Gasteiger partial charge in [-0.1, -0.05) is 78.9 Å². The van der Waals surface area contributed by atoms with E-state index < -0.39 is 23.4 Å². The van der Waals surface area contributed by atoms with Crippen LogP contribution in [0.25, 0.3) is 21.5 Å². The molecular formula is C26H21N3O3. The molecule has 4 aromatic carbocycles. The molecule has 1 unspecified atom stereocenters. The second-order valence-corrected chi connectivity index (χ2v) is 8.05. The fraction of sp³-hybridized carbons (Fsp3) is 0.115. The predicted octanol–water partition coefficient (Wildman–Crippen LogP) is 4.40. The minimum absolute atomic E-state index is 0.367. The van der Waals surface area contributed by atoms with Crippen LogP contribution < -0.4 is 10.6 Å². The van der Waals surface area contributed by atoms with Crippen LogP contribution in [0.15, 0.2) is 84.9 Å². The third-order valence-electron chi connectivity index (χ3n) is 5.97. The number of carbonyl (C=O) groups excluding carboxylic acids is 3. The highest BCUT2D eigenvalue weighted by Crippen LogP contribution is 2.34. The number of urea groups is 1. The second-order valence-electron chi connectivity index (χ2n) is 8.05. The second kappa shape index (κ2) is 7.50. The first kappa shape index (κ1) is 19.8. The summed E-state index contributed by atoms with van der Waals surface area (Å²) in [6, 6.07) is 26.1. The zero-order chi connectivity index (χ0) is 22.3. The fourth-order valence-electron chi connectivity index (χ4n) is 4.35. The van der Waals surface area contributed by atoms with Crippen LogP contribution in [0.4, 0.5) is 10.5 Å². The van der Waals surface area contributed by atoms with Crippen LogP contribution in [0, 0.1) is 0 Å². The van der Waals surface area contributed by atoms with E-state index in [9.17, 15) is 14.4 Å². The molecule has 1 atom stereocenters. The lowest BCUT2D eigenvalue weighted by Gasteiger charge is -2.24. The summed E-state index contributed by atoms with van der Waals surface area (Å²) in [5.41, 5.74) is 0.0837. The number of benzene rings is 4. The fourth-order valence-corrected chi connectivity index (χ4v) is 4.35. The molecular weight excluding hydrogens is 402 g/mol. The Morgan fingerprint density at radius 2 is 1.44 bits per heavy atom. The normalized spacial score (nSPS) is 18.2. The number of hydrogen-bond donors (Lipinski definition) is 2. The van der Waals surface area contributed by atoms with Crippen LogP contribution >= 0.6 is 0 Å². The van der Waals surface area contributed by atoms with E-state index in [0.29, 0.717) is 11.3 Å². The molecule has 6 heteroatoms. The van der Waals surface area contributed by atoms with Crippen LogP contribution in [-0.4, -0.2) is 29.3 Å². The van der Waals surface area contributed by atoms with Gasteiger partial charge in [0.05, 0.1) is 0 Å². The predicted molar refractivity (Wildman–Crippen MR) is 124 cm³/mol. The standard InChI is InChI=1S/C26H21N3O3/c1-26(21-14-6-10-17-8-2-4-12-19(17)21)24(31)29(25(32)28-26)16-23(30)27-22-15-7-11-18-9-3-5-13-20(18)22/h2-15H,16H2,1H3,(H,27,30)(H,28,32). The Hall–Kier alpha value is -4.19. The van der Waals surface area contributed by atoms with E-state index in [2.05, 4.69) is 10.6 Å². The number of carbonyl (C=O) groups is 3. The third-order valence-corrected chi connectivity index (χ3v) is 5.97. The number of nitrogens with one attached hydrogen (secondary N) is 2. The zero-order valence-electron chi connectivity index (χ0n) is 17.5. The molecule has 1 aliphatic heterocycles. The molecule has 32 heavy (non-hydrogen) atoms. The van der Waals surface area contributed by atoms with Crippen LogP contribution in [0.3, 0.4) is 0 Å². The van der Waals surface area contributed by atoms with Crippen molar-refractivity contribution in [3.63, 3.8) is 0 Å². The summed E-state index contributed by atoms with van der Waals surface area (Å²) >= 11 is 0. The minimum atomic E-state index is -1.25. The first-order valence-electron chi connectivity index (χ1n) is 10.4. The molecule has 4 aromatic rings. The van der Waals surface area contributed by atoms with Crippen molar-refractivity contribution in [2.45, 2.75) is 12.5 Å². The van der Waals surface area contributed by atoms with E-state index in [1.165, 1.54) is 0 Å². The van der Waals surface area contributed by atoms with Crippen molar-refractivity contribution >= 4 is 45.1 Å². The zero-order valence-corrected chi connectivity index (χ0v) is 17.5. The van der Waals surface area contributed by atoms with E-state index in [1.54, 1.807) is 13.0 Å². The number of fused-ring (bicyclic) bond motifs is 2. The Bertz CT molecular complexity index is 1390. The average Bonchev–Trinajstić information content (AvgIpc) is 3.02. The van der Waals surface area contributed by atoms with Gasteiger partial charge in [-0.05, 0) is 34.7 Å². The Labute approximate surface area is 184 Å². The molecule has 0 radical (unpaired) electrons. The van der Waals surface area contributed by atoms with Crippen molar-refractivity contribution in [3.05, 3.63) is 90.5 Å². The lowest BCUT2D eigenvalue weighted by molar-refractivity contribution is -0.133. The summed E-state index contributed by atoms with van der Waals surface area (Å²) < 4.78 is 0. The van der Waals surface area contributed by atoms with Gasteiger partial charge in [-0.15, -0.1) is 0 Å². The number of rotatable bonds is 4. The topological polar surface area (TPSA) is 78.5 Å². The lowest BCUT2D eigenvalue weighted by Crippen LogP contribution is -2.42. The van der Waals surface area contributed by atoms with E-state index in [1.807, 2.05) is 78.9 Å². The molecule has 0 spiro atoms. The summed E-state index contributed by atoms with van der Waals surface area (Å²) in [5, 5.41) is 9.37. The van der Waals surface area contributed by atoms with Gasteiger partial charge in [-0.2, -0.15) is 0 Å². The molecule has 1 aliphatic rings. The van der Waals surface area contributed by atoms with E-state index in [4.69, 9.17) is 0 Å². The van der Waals surface area contributed by atoms with Crippen LogP contribution in [0.5, 0.6) is 0 Å². The van der Waals surface area contributed by atoms with Gasteiger partial charge in [0.2, 0.25) is 5.91 Å². The Balaban J connectivity index is 1.41. The van der Waals surface area contributed by atoms with Crippen LogP contribution in [0.2, 0.25) is 0 Å². The molecule has 1 fully saturated rings. The van der Waals surface area contributed by atoms with Gasteiger partial charge in [0, 0.05) is 11.1 Å². The highest BCUT2D eigenvalue weighted by atomic mass is 16.2. The molecule has 0 aromatic heterocycles. The van der Waals surface area contributed by atoms with Gasteiger partial charge in [-0.3, -0.25) is 14.5 Å². The number of amides is 4. The molecule has 6 nitrogen and oxygen atoms in total. The molecule has 158 valence electrons. The number of hydrogen-bond acceptors (Lipinski definition) is 3. The smallest absolute Gasteiger partial charge is 0.324 e. The molecule has 0 aliphatic carbocycles.